The Morgan fingerprint density at radius 3 is 2.02 bits per heavy atom. The highest BCUT2D eigenvalue weighted by molar-refractivity contribution is 6.32. The van der Waals surface area contributed by atoms with Gasteiger partial charge in [-0.15, -0.1) is 0 Å². The maximum atomic E-state index is 9.92. The molecular formula is C34H31ClN6O2. The van der Waals surface area contributed by atoms with E-state index in [1.54, 1.807) is 52.0 Å². The zero-order valence-electron chi connectivity index (χ0n) is 25.2. The third kappa shape index (κ3) is 6.26. The molecule has 0 aromatic heterocycles. The third-order valence-electron chi connectivity index (χ3n) is 7.77. The fourth-order valence-electron chi connectivity index (χ4n) is 5.22. The maximum absolute atomic E-state index is 9.92. The van der Waals surface area contributed by atoms with E-state index >= 15 is 0 Å². The Morgan fingerprint density at radius 1 is 0.884 bits per heavy atom. The monoisotopic (exact) mass is 590 g/mol. The highest BCUT2D eigenvalue weighted by atomic mass is 35.5. The van der Waals surface area contributed by atoms with Gasteiger partial charge >= 0.3 is 0 Å². The van der Waals surface area contributed by atoms with Crippen LogP contribution in [0.1, 0.15) is 61.3 Å². The fourth-order valence-corrected chi connectivity index (χ4v) is 5.50. The van der Waals surface area contributed by atoms with Crippen LogP contribution in [0.4, 0.5) is 0 Å². The zero-order chi connectivity index (χ0) is 32.3. The molecule has 0 saturated heterocycles. The molecule has 1 aliphatic carbocycles. The van der Waals surface area contributed by atoms with E-state index < -0.39 is 11.2 Å². The number of rotatable bonds is 4. The predicted octanol–water partition coefficient (Wildman–Crippen LogP) is 7.56. The topological polar surface area (TPSA) is 161 Å². The van der Waals surface area contributed by atoms with Crippen molar-refractivity contribution in [3.8, 4) is 30.3 Å². The lowest BCUT2D eigenvalue weighted by Crippen LogP contribution is -2.25. The van der Waals surface area contributed by atoms with Crippen molar-refractivity contribution in [2.24, 2.45) is 11.3 Å². The molecule has 0 saturated carbocycles. The second-order valence-electron chi connectivity index (χ2n) is 12.4. The van der Waals surface area contributed by atoms with E-state index in [1.165, 1.54) is 0 Å². The van der Waals surface area contributed by atoms with E-state index in [4.69, 9.17) is 26.5 Å². The Morgan fingerprint density at radius 2 is 1.51 bits per heavy atom. The summed E-state index contributed by atoms with van der Waals surface area (Å²) in [5, 5.41) is 55.9. The molecule has 8 nitrogen and oxygen atoms in total. The first-order chi connectivity index (χ1) is 20.1. The first-order valence-corrected chi connectivity index (χ1v) is 13.9. The summed E-state index contributed by atoms with van der Waals surface area (Å²) >= 11 is 7.00. The minimum Gasteiger partial charge on any atom is -0.480 e. The van der Waals surface area contributed by atoms with Crippen LogP contribution >= 0.6 is 11.6 Å². The number of allylic oxidation sites excluding steroid dienone is 9. The van der Waals surface area contributed by atoms with Crippen molar-refractivity contribution in [2.45, 2.75) is 72.5 Å². The van der Waals surface area contributed by atoms with Crippen LogP contribution in [0.15, 0.2) is 85.4 Å². The molecule has 0 radical (unpaired) electrons. The Hall–Kier alpha value is -5.03. The van der Waals surface area contributed by atoms with Gasteiger partial charge in [-0.3, -0.25) is 5.41 Å². The lowest BCUT2D eigenvalue weighted by molar-refractivity contribution is 0.0950. The van der Waals surface area contributed by atoms with Gasteiger partial charge in [0, 0.05) is 22.0 Å². The largest absolute Gasteiger partial charge is 0.480 e. The molecule has 0 spiro atoms. The van der Waals surface area contributed by atoms with Crippen LogP contribution in [-0.4, -0.2) is 17.1 Å². The second-order valence-corrected chi connectivity index (χ2v) is 12.8. The average molecular weight is 591 g/mol. The van der Waals surface area contributed by atoms with Gasteiger partial charge in [0.1, 0.15) is 52.7 Å². The number of ether oxygens (including phenoxy) is 2. The molecule has 0 amide bonds. The Labute approximate surface area is 257 Å². The molecule has 2 aliphatic heterocycles. The number of nitriles is 5. The van der Waals surface area contributed by atoms with Gasteiger partial charge in [-0.25, -0.2) is 0 Å². The van der Waals surface area contributed by atoms with Crippen LogP contribution < -0.4 is 0 Å². The van der Waals surface area contributed by atoms with Crippen LogP contribution in [0.3, 0.4) is 0 Å². The molecular weight excluding hydrogens is 560 g/mol. The van der Waals surface area contributed by atoms with Crippen molar-refractivity contribution < 1.29 is 9.47 Å². The van der Waals surface area contributed by atoms with Gasteiger partial charge in [0.05, 0.1) is 0 Å². The van der Waals surface area contributed by atoms with Crippen molar-refractivity contribution in [3.63, 3.8) is 0 Å². The molecule has 0 bridgehead atoms. The fraction of sp³-hybridized carbons (Fsp3) is 0.382. The lowest BCUT2D eigenvalue weighted by Gasteiger charge is -2.35. The summed E-state index contributed by atoms with van der Waals surface area (Å²) in [4.78, 5) is 0. The molecule has 9 heteroatoms. The van der Waals surface area contributed by atoms with Gasteiger partial charge in [0.15, 0.2) is 22.7 Å². The van der Waals surface area contributed by atoms with Gasteiger partial charge in [0.2, 0.25) is 0 Å². The number of nitrogens with one attached hydrogen (secondary N) is 1. The minimum atomic E-state index is -0.955. The predicted molar refractivity (Wildman–Crippen MR) is 161 cm³/mol. The van der Waals surface area contributed by atoms with Crippen LogP contribution in [-0.2, 0) is 9.47 Å². The molecule has 1 unspecified atom stereocenters. The smallest absolute Gasteiger partial charge is 0.172 e. The van der Waals surface area contributed by atoms with Gasteiger partial charge < -0.3 is 9.47 Å². The Balaban J connectivity index is 2.20. The standard InChI is InChI=1S/C34H31ClN6O2/c1-32(2,3)24-12-20(8-10-27-25(18-40)30(22(14-36)15-37)42-33(27,4)5)29(35)21(13-24)9-11-28-26(19-41)31(23(16-38)17-39)43-34(28,6)7/h8-11,24,36H,12-13H2,1-7H3/b11-9+,20-8+,27-10-. The Kier molecular flexibility index (Phi) is 9.11. The third-order valence-corrected chi connectivity index (χ3v) is 8.25. The molecule has 1 N–H and O–H groups in total. The number of hydrogen-bond acceptors (Lipinski definition) is 8. The van der Waals surface area contributed by atoms with E-state index in [1.807, 2.05) is 24.1 Å². The van der Waals surface area contributed by atoms with Gasteiger partial charge in [-0.05, 0) is 63.0 Å². The van der Waals surface area contributed by atoms with Crippen LogP contribution in [0.5, 0.6) is 0 Å². The van der Waals surface area contributed by atoms with Crippen molar-refractivity contribution in [3.05, 3.63) is 85.4 Å². The maximum Gasteiger partial charge on any atom is 0.172 e. The minimum absolute atomic E-state index is 0.0276. The average Bonchev–Trinajstić information content (AvgIpc) is 3.35. The molecule has 3 aliphatic rings. The highest BCUT2D eigenvalue weighted by Crippen LogP contribution is 2.46. The van der Waals surface area contributed by atoms with Crippen molar-refractivity contribution in [1.82, 2.24) is 0 Å². The summed E-state index contributed by atoms with van der Waals surface area (Å²) in [6, 6.07) is 9.67. The number of nitrogens with zero attached hydrogens (tertiary/aromatic N) is 5. The second kappa shape index (κ2) is 12.1. The summed E-state index contributed by atoms with van der Waals surface area (Å²) in [7, 11) is 0. The van der Waals surface area contributed by atoms with Crippen LogP contribution in [0, 0.1) is 73.4 Å². The summed E-state index contributed by atoms with van der Waals surface area (Å²) in [5.74, 6) is 2.26. The van der Waals surface area contributed by atoms with Gasteiger partial charge in [-0.2, -0.15) is 26.3 Å². The van der Waals surface area contributed by atoms with Crippen molar-refractivity contribution >= 4 is 17.5 Å². The summed E-state index contributed by atoms with van der Waals surface area (Å²) < 4.78 is 11.8. The molecule has 2 heterocycles. The van der Waals surface area contributed by atoms with E-state index in [0.29, 0.717) is 29.0 Å². The molecule has 43 heavy (non-hydrogen) atoms. The van der Waals surface area contributed by atoms with E-state index in [9.17, 15) is 26.3 Å². The quantitative estimate of drug-likeness (QED) is 0.261. The first-order valence-electron chi connectivity index (χ1n) is 13.5. The Bertz CT molecular complexity index is 1740. The van der Waals surface area contributed by atoms with Gasteiger partial charge in [0.25, 0.3) is 0 Å². The van der Waals surface area contributed by atoms with Crippen molar-refractivity contribution in [2.75, 3.05) is 0 Å². The van der Waals surface area contributed by atoms with E-state index in [-0.39, 0.29) is 45.1 Å². The molecule has 216 valence electrons. The molecule has 0 aromatic carbocycles. The van der Waals surface area contributed by atoms with E-state index in [0.717, 1.165) is 11.1 Å². The normalized spacial score (nSPS) is 22.8. The highest BCUT2D eigenvalue weighted by Gasteiger charge is 2.41. The molecule has 0 aromatic rings. The molecule has 1 atom stereocenters. The van der Waals surface area contributed by atoms with Crippen LogP contribution in [0.2, 0.25) is 0 Å². The van der Waals surface area contributed by atoms with Crippen LogP contribution in [0.25, 0.3) is 0 Å². The van der Waals surface area contributed by atoms with E-state index in [2.05, 4.69) is 32.9 Å². The molecule has 0 fully saturated rings. The summed E-state index contributed by atoms with van der Waals surface area (Å²) in [6.45, 7) is 13.6. The number of hydrogen-bond donors (Lipinski definition) is 1. The lowest BCUT2D eigenvalue weighted by atomic mass is 9.70. The van der Waals surface area contributed by atoms with Gasteiger partial charge in [-0.1, -0.05) is 56.7 Å². The number of halogens is 1. The summed E-state index contributed by atoms with van der Waals surface area (Å²) in [5.41, 5.74) is 0.688. The summed E-state index contributed by atoms with van der Waals surface area (Å²) in [6.07, 6.45) is 8.61. The molecule has 3 rings (SSSR count). The SMILES string of the molecule is CC1(C)OC(=C(C#N)C#N)C(C#N)=C1/C=C/C1=C(Cl)C(=C/C=C2/C(C#N)=C(C(=C=N)C#N)OC2(C)C)/CC(C(C)(C)C)C1. The van der Waals surface area contributed by atoms with Crippen molar-refractivity contribution in [1.29, 1.82) is 31.7 Å². The zero-order valence-corrected chi connectivity index (χ0v) is 26.0. The first kappa shape index (κ1) is 32.5.